The summed E-state index contributed by atoms with van der Waals surface area (Å²) >= 11 is 0.940. The first-order valence-corrected chi connectivity index (χ1v) is 10.4. The van der Waals surface area contributed by atoms with E-state index in [4.69, 9.17) is 0 Å². The van der Waals surface area contributed by atoms with Gasteiger partial charge in [-0.2, -0.15) is 13.2 Å². The van der Waals surface area contributed by atoms with Crippen molar-refractivity contribution in [2.75, 3.05) is 0 Å². The molecule has 1 heterocycles. The first-order valence-electron chi connectivity index (χ1n) is 9.59. The van der Waals surface area contributed by atoms with Gasteiger partial charge in [-0.1, -0.05) is 90.2 Å². The van der Waals surface area contributed by atoms with Crippen molar-refractivity contribution in [3.63, 3.8) is 0 Å². The van der Waals surface area contributed by atoms with Crippen molar-refractivity contribution in [3.8, 4) is 10.4 Å². The number of fused-ring (bicyclic) bond motifs is 2. The zero-order valence-electron chi connectivity index (χ0n) is 16.1. The van der Waals surface area contributed by atoms with Crippen LogP contribution in [0, 0.1) is 0 Å². The lowest BCUT2D eigenvalue weighted by molar-refractivity contribution is -0.140. The molecule has 0 N–H and O–H groups in total. The predicted molar refractivity (Wildman–Crippen MR) is 121 cm³/mol. The number of rotatable bonds is 3. The van der Waals surface area contributed by atoms with E-state index in [0.29, 0.717) is 5.56 Å². The van der Waals surface area contributed by atoms with Gasteiger partial charge in [-0.15, -0.1) is 0 Å². The Hall–Kier alpha value is -3.51. The molecular formula is C25H15F3N2S. The van der Waals surface area contributed by atoms with Crippen LogP contribution in [-0.2, 0) is 6.18 Å². The Morgan fingerprint density at radius 1 is 0.774 bits per heavy atom. The Balaban J connectivity index is 1.66. The van der Waals surface area contributed by atoms with Crippen LogP contribution in [0.4, 0.5) is 18.3 Å². The Morgan fingerprint density at radius 2 is 1.35 bits per heavy atom. The molecule has 5 aromatic rings. The molecule has 0 amide bonds. The molecule has 0 atom stereocenters. The Morgan fingerprint density at radius 3 is 1.97 bits per heavy atom. The van der Waals surface area contributed by atoms with Gasteiger partial charge in [-0.3, -0.25) is 0 Å². The summed E-state index contributed by atoms with van der Waals surface area (Å²) in [6, 6.07) is 26.4. The van der Waals surface area contributed by atoms with E-state index in [-0.39, 0.29) is 10.0 Å². The number of alkyl halides is 3. The summed E-state index contributed by atoms with van der Waals surface area (Å²) in [6.45, 7) is 0. The predicted octanol–water partition coefficient (Wildman–Crippen LogP) is 7.89. The number of aromatic nitrogens is 1. The molecule has 31 heavy (non-hydrogen) atoms. The van der Waals surface area contributed by atoms with Crippen LogP contribution in [0.5, 0.6) is 0 Å². The fourth-order valence-electron chi connectivity index (χ4n) is 3.65. The number of nitrogens with zero attached hydrogens (tertiary/aromatic N) is 2. The summed E-state index contributed by atoms with van der Waals surface area (Å²) in [7, 11) is 0. The van der Waals surface area contributed by atoms with Gasteiger partial charge in [-0.25, -0.2) is 9.98 Å². The molecule has 0 saturated heterocycles. The number of halogens is 3. The Bertz CT molecular complexity index is 1370. The molecule has 5 rings (SSSR count). The van der Waals surface area contributed by atoms with Gasteiger partial charge in [0.15, 0.2) is 5.69 Å². The van der Waals surface area contributed by atoms with E-state index in [1.165, 1.54) is 0 Å². The molecule has 0 spiro atoms. The van der Waals surface area contributed by atoms with E-state index in [2.05, 4.69) is 16.0 Å². The molecule has 0 aliphatic carbocycles. The van der Waals surface area contributed by atoms with Crippen molar-refractivity contribution in [3.05, 3.63) is 96.2 Å². The van der Waals surface area contributed by atoms with Crippen molar-refractivity contribution in [1.82, 2.24) is 4.98 Å². The van der Waals surface area contributed by atoms with Crippen molar-refractivity contribution in [1.29, 1.82) is 0 Å². The quantitative estimate of drug-likeness (QED) is 0.210. The topological polar surface area (TPSA) is 25.2 Å². The minimum Gasteiger partial charge on any atom is -0.227 e. The van der Waals surface area contributed by atoms with E-state index >= 15 is 0 Å². The summed E-state index contributed by atoms with van der Waals surface area (Å²) in [4.78, 5) is 8.28. The molecule has 0 aliphatic rings. The third-order valence-electron chi connectivity index (χ3n) is 5.04. The minimum atomic E-state index is -4.55. The number of benzene rings is 4. The highest BCUT2D eigenvalue weighted by Gasteiger charge is 2.37. The molecule has 4 aromatic carbocycles. The molecule has 0 saturated carbocycles. The molecule has 2 nitrogen and oxygen atoms in total. The fourth-order valence-corrected chi connectivity index (χ4v) is 4.59. The highest BCUT2D eigenvalue weighted by Crippen LogP contribution is 2.42. The highest BCUT2D eigenvalue weighted by molar-refractivity contribution is 7.18. The summed E-state index contributed by atoms with van der Waals surface area (Å²) in [5, 5.41) is 4.13. The summed E-state index contributed by atoms with van der Waals surface area (Å²) in [5.74, 6) is 0. The third kappa shape index (κ3) is 3.70. The third-order valence-corrected chi connectivity index (χ3v) is 6.05. The lowest BCUT2D eigenvalue weighted by Crippen LogP contribution is -2.06. The first kappa shape index (κ1) is 19.5. The molecule has 0 unspecified atom stereocenters. The average Bonchev–Trinajstić information content (AvgIpc) is 3.22. The molecule has 0 aliphatic heterocycles. The largest absolute Gasteiger partial charge is 0.434 e. The molecule has 0 fully saturated rings. The van der Waals surface area contributed by atoms with Crippen LogP contribution >= 0.6 is 11.3 Å². The maximum absolute atomic E-state index is 13.6. The van der Waals surface area contributed by atoms with Crippen molar-refractivity contribution in [2.45, 2.75) is 6.18 Å². The lowest BCUT2D eigenvalue weighted by atomic mass is 9.97. The monoisotopic (exact) mass is 432 g/mol. The standard InChI is InChI=1S/C25H15F3N2S/c26-25(27,28)23-22(16-8-2-1-3-9-16)31-24(30-23)29-15-21-19-12-6-4-10-17(19)14-18-11-5-7-13-20(18)21/h1-15H. The number of hydrogen-bond donors (Lipinski definition) is 0. The van der Waals surface area contributed by atoms with E-state index in [1.54, 1.807) is 36.5 Å². The van der Waals surface area contributed by atoms with E-state index in [0.717, 1.165) is 38.4 Å². The lowest BCUT2D eigenvalue weighted by Gasteiger charge is -2.07. The Labute approximate surface area is 180 Å². The van der Waals surface area contributed by atoms with Crippen LogP contribution in [0.3, 0.4) is 0 Å². The second-order valence-electron chi connectivity index (χ2n) is 7.03. The highest BCUT2D eigenvalue weighted by atomic mass is 32.1. The minimum absolute atomic E-state index is 0.0722. The SMILES string of the molecule is FC(F)(F)c1nc(N=Cc2c3ccccc3cc3ccccc23)sc1-c1ccccc1. The zero-order valence-corrected chi connectivity index (χ0v) is 16.9. The van der Waals surface area contributed by atoms with Crippen molar-refractivity contribution >= 4 is 44.2 Å². The van der Waals surface area contributed by atoms with E-state index in [1.807, 2.05) is 48.5 Å². The van der Waals surface area contributed by atoms with Gasteiger partial charge < -0.3 is 0 Å². The summed E-state index contributed by atoms with van der Waals surface area (Å²) in [6.07, 6.45) is -2.93. The summed E-state index contributed by atoms with van der Waals surface area (Å²) < 4.78 is 40.9. The molecule has 0 bridgehead atoms. The fraction of sp³-hybridized carbons (Fsp3) is 0.0400. The van der Waals surface area contributed by atoms with E-state index in [9.17, 15) is 13.2 Å². The van der Waals surface area contributed by atoms with Gasteiger partial charge in [0.1, 0.15) is 0 Å². The molecule has 6 heteroatoms. The van der Waals surface area contributed by atoms with Gasteiger partial charge in [0, 0.05) is 11.8 Å². The Kier molecular flexibility index (Phi) is 4.79. The van der Waals surface area contributed by atoms with Crippen LogP contribution < -0.4 is 0 Å². The van der Waals surface area contributed by atoms with Gasteiger partial charge in [0.05, 0.1) is 4.88 Å². The number of aliphatic imine (C=N–C) groups is 1. The van der Waals surface area contributed by atoms with Crippen molar-refractivity contribution in [2.24, 2.45) is 4.99 Å². The smallest absolute Gasteiger partial charge is 0.227 e. The molecule has 152 valence electrons. The van der Waals surface area contributed by atoms with Crippen LogP contribution in [-0.4, -0.2) is 11.2 Å². The zero-order chi connectivity index (χ0) is 21.4. The normalized spacial score (nSPS) is 12.2. The number of thiazole rings is 1. The van der Waals surface area contributed by atoms with Crippen LogP contribution in [0.15, 0.2) is 89.9 Å². The average molecular weight is 432 g/mol. The maximum Gasteiger partial charge on any atom is 0.434 e. The van der Waals surface area contributed by atoms with E-state index < -0.39 is 11.9 Å². The maximum atomic E-state index is 13.6. The van der Waals surface area contributed by atoms with Crippen molar-refractivity contribution < 1.29 is 13.2 Å². The van der Waals surface area contributed by atoms with Crippen LogP contribution in [0.1, 0.15) is 11.3 Å². The van der Waals surface area contributed by atoms with Gasteiger partial charge in [0.25, 0.3) is 0 Å². The summed E-state index contributed by atoms with van der Waals surface area (Å²) in [5.41, 5.74) is 0.432. The first-order chi connectivity index (χ1) is 15.0. The van der Waals surface area contributed by atoms with Crippen LogP contribution in [0.2, 0.25) is 0 Å². The molecular weight excluding hydrogens is 417 g/mol. The molecule has 1 aromatic heterocycles. The molecule has 0 radical (unpaired) electrons. The van der Waals surface area contributed by atoms with Gasteiger partial charge in [0.2, 0.25) is 5.13 Å². The second kappa shape index (κ2) is 7.63. The van der Waals surface area contributed by atoms with Gasteiger partial charge >= 0.3 is 6.18 Å². The second-order valence-corrected chi connectivity index (χ2v) is 8.01. The van der Waals surface area contributed by atoms with Crippen LogP contribution in [0.25, 0.3) is 32.0 Å². The number of hydrogen-bond acceptors (Lipinski definition) is 3. The van der Waals surface area contributed by atoms with Gasteiger partial charge in [-0.05, 0) is 33.2 Å².